The van der Waals surface area contributed by atoms with E-state index in [4.69, 9.17) is 0 Å². The molecule has 0 aromatic carbocycles. The molecular formula is C24H38NO3-. The number of carbonyl (C=O) groups excluding carboxylic acids is 2. The molecule has 4 heteroatoms. The van der Waals surface area contributed by atoms with E-state index in [1.54, 1.807) is 0 Å². The van der Waals surface area contributed by atoms with Crippen molar-refractivity contribution in [3.8, 4) is 0 Å². The number of amides is 1. The number of rotatable bonds is 4. The molecule has 0 aromatic heterocycles. The second kappa shape index (κ2) is 7.02. The molecule has 1 heterocycles. The van der Waals surface area contributed by atoms with Gasteiger partial charge in [0.15, 0.2) is 0 Å². The molecule has 0 spiro atoms. The number of piperidine rings is 1. The number of carbonyl (C=O) groups is 2. The van der Waals surface area contributed by atoms with Crippen molar-refractivity contribution in [2.75, 3.05) is 7.05 Å². The van der Waals surface area contributed by atoms with Crippen molar-refractivity contribution in [1.29, 1.82) is 0 Å². The minimum Gasteiger partial charge on any atom is -0.550 e. The highest BCUT2D eigenvalue weighted by atomic mass is 16.4. The van der Waals surface area contributed by atoms with Crippen molar-refractivity contribution in [3.63, 3.8) is 0 Å². The van der Waals surface area contributed by atoms with Crippen LogP contribution in [0.5, 0.6) is 0 Å². The predicted octanol–water partition coefficient (Wildman–Crippen LogP) is 3.63. The Morgan fingerprint density at radius 3 is 2.54 bits per heavy atom. The Morgan fingerprint density at radius 2 is 1.82 bits per heavy atom. The van der Waals surface area contributed by atoms with E-state index in [1.165, 1.54) is 32.1 Å². The standard InChI is InChI=1S/C24H39NO3/c1-15(5-10-22(27)28)17-7-8-18-16-6-9-20-24(3,14-12-21(26)25(20)4)19(16)11-13-23(17,18)2/h15-20H,5-14H2,1-4H3,(H,27,28)/p-1/t15?,16-,17+,18-,19-,20?,23+,24+/m0/s1. The molecule has 8 atom stereocenters. The van der Waals surface area contributed by atoms with Crippen LogP contribution in [0.25, 0.3) is 0 Å². The number of hydrogen-bond acceptors (Lipinski definition) is 3. The molecule has 4 nitrogen and oxygen atoms in total. The first-order valence-electron chi connectivity index (χ1n) is 11.6. The van der Waals surface area contributed by atoms with Gasteiger partial charge in [-0.2, -0.15) is 0 Å². The number of fused-ring (bicyclic) bond motifs is 5. The molecular weight excluding hydrogens is 350 g/mol. The minimum absolute atomic E-state index is 0.199. The fraction of sp³-hybridized carbons (Fsp3) is 0.917. The lowest BCUT2D eigenvalue weighted by Gasteiger charge is -2.62. The maximum atomic E-state index is 12.3. The highest BCUT2D eigenvalue weighted by molar-refractivity contribution is 5.77. The van der Waals surface area contributed by atoms with Crippen molar-refractivity contribution in [2.24, 2.45) is 40.4 Å². The maximum Gasteiger partial charge on any atom is 0.222 e. The van der Waals surface area contributed by atoms with Crippen molar-refractivity contribution < 1.29 is 14.7 Å². The zero-order valence-electron chi connectivity index (χ0n) is 18.2. The van der Waals surface area contributed by atoms with Crippen LogP contribution in [0.15, 0.2) is 0 Å². The quantitative estimate of drug-likeness (QED) is 0.739. The van der Waals surface area contributed by atoms with Crippen molar-refractivity contribution in [1.82, 2.24) is 4.90 Å². The summed E-state index contributed by atoms with van der Waals surface area (Å²) in [5.41, 5.74) is 0.650. The molecule has 4 rings (SSSR count). The van der Waals surface area contributed by atoms with Gasteiger partial charge in [0.25, 0.3) is 0 Å². The van der Waals surface area contributed by atoms with Crippen LogP contribution in [-0.2, 0) is 9.59 Å². The first kappa shape index (κ1) is 20.2. The van der Waals surface area contributed by atoms with Gasteiger partial charge in [-0.1, -0.05) is 20.8 Å². The van der Waals surface area contributed by atoms with Crippen molar-refractivity contribution in [2.45, 2.75) is 91.0 Å². The smallest absolute Gasteiger partial charge is 0.222 e. The van der Waals surface area contributed by atoms with Gasteiger partial charge in [0, 0.05) is 25.5 Å². The summed E-state index contributed by atoms with van der Waals surface area (Å²) >= 11 is 0. The van der Waals surface area contributed by atoms with Crippen LogP contribution in [0.2, 0.25) is 0 Å². The van der Waals surface area contributed by atoms with Gasteiger partial charge in [0.1, 0.15) is 0 Å². The zero-order valence-corrected chi connectivity index (χ0v) is 18.2. The summed E-state index contributed by atoms with van der Waals surface area (Å²) in [4.78, 5) is 25.3. The Morgan fingerprint density at radius 1 is 1.11 bits per heavy atom. The van der Waals surface area contributed by atoms with E-state index in [9.17, 15) is 14.7 Å². The maximum absolute atomic E-state index is 12.3. The molecule has 4 fully saturated rings. The van der Waals surface area contributed by atoms with Gasteiger partial charge in [-0.15, -0.1) is 0 Å². The van der Waals surface area contributed by atoms with Crippen LogP contribution in [0.3, 0.4) is 0 Å². The van der Waals surface area contributed by atoms with E-state index >= 15 is 0 Å². The average Bonchev–Trinajstić information content (AvgIpc) is 3.00. The molecule has 1 aliphatic heterocycles. The van der Waals surface area contributed by atoms with E-state index < -0.39 is 5.97 Å². The SMILES string of the molecule is CC(CCC(=O)[O-])[C@H]1CC[C@H]2[C@@H]3CCC4N(C)C(=O)CC[C@]4(C)[C@H]3CC[C@]12C. The van der Waals surface area contributed by atoms with Gasteiger partial charge in [-0.05, 0) is 98.2 Å². The van der Waals surface area contributed by atoms with Crippen LogP contribution in [0.1, 0.15) is 85.0 Å². The normalized spacial score (nSPS) is 46.5. The Hall–Kier alpha value is -1.06. The van der Waals surface area contributed by atoms with E-state index in [1.807, 2.05) is 7.05 Å². The van der Waals surface area contributed by atoms with E-state index in [0.29, 0.717) is 29.2 Å². The number of likely N-dealkylation sites (tertiary alicyclic amines) is 1. The summed E-state index contributed by atoms with van der Waals surface area (Å²) in [6, 6.07) is 0.429. The Balaban J connectivity index is 1.53. The van der Waals surface area contributed by atoms with Gasteiger partial charge >= 0.3 is 0 Å². The number of carboxylic acids is 1. The summed E-state index contributed by atoms with van der Waals surface area (Å²) in [6.07, 6.45) is 10.3. The lowest BCUT2D eigenvalue weighted by molar-refractivity contribution is -0.306. The Labute approximate surface area is 170 Å². The highest BCUT2D eigenvalue weighted by Gasteiger charge is 2.61. The van der Waals surface area contributed by atoms with Crippen molar-refractivity contribution >= 4 is 11.9 Å². The number of hydrogen-bond donors (Lipinski definition) is 0. The molecule has 1 saturated heterocycles. The van der Waals surface area contributed by atoms with Crippen LogP contribution in [0, 0.1) is 40.4 Å². The topological polar surface area (TPSA) is 60.4 Å². The van der Waals surface area contributed by atoms with Crippen LogP contribution in [0.4, 0.5) is 0 Å². The summed E-state index contributed by atoms with van der Waals surface area (Å²) in [7, 11) is 2.03. The third kappa shape index (κ3) is 2.92. The lowest BCUT2D eigenvalue weighted by Crippen LogP contribution is -2.61. The fourth-order valence-corrected chi connectivity index (χ4v) is 8.67. The third-order valence-corrected chi connectivity index (χ3v) is 10.1. The molecule has 1 amide bonds. The summed E-state index contributed by atoms with van der Waals surface area (Å²) in [5.74, 6) is 2.87. The van der Waals surface area contributed by atoms with Gasteiger partial charge in [-0.3, -0.25) is 4.79 Å². The number of aliphatic carboxylic acids is 1. The molecule has 0 aromatic rings. The van der Waals surface area contributed by atoms with Crippen LogP contribution < -0.4 is 5.11 Å². The second-order valence-corrected chi connectivity index (χ2v) is 11.1. The zero-order chi connectivity index (χ0) is 20.3. The molecule has 0 bridgehead atoms. The first-order valence-corrected chi connectivity index (χ1v) is 11.6. The third-order valence-electron chi connectivity index (χ3n) is 10.1. The Bertz CT molecular complexity index is 648. The minimum atomic E-state index is -0.905. The molecule has 158 valence electrons. The van der Waals surface area contributed by atoms with Crippen molar-refractivity contribution in [3.05, 3.63) is 0 Å². The van der Waals surface area contributed by atoms with Crippen LogP contribution in [-0.4, -0.2) is 29.9 Å². The van der Waals surface area contributed by atoms with Crippen LogP contribution >= 0.6 is 0 Å². The monoisotopic (exact) mass is 388 g/mol. The summed E-state index contributed by atoms with van der Waals surface area (Å²) < 4.78 is 0. The van der Waals surface area contributed by atoms with E-state index in [0.717, 1.165) is 43.4 Å². The molecule has 3 aliphatic carbocycles. The summed E-state index contributed by atoms with van der Waals surface area (Å²) in [6.45, 7) is 7.27. The molecule has 3 saturated carbocycles. The fourth-order valence-electron chi connectivity index (χ4n) is 8.67. The average molecular weight is 389 g/mol. The van der Waals surface area contributed by atoms with E-state index in [2.05, 4.69) is 25.7 Å². The molecule has 0 N–H and O–H groups in total. The predicted molar refractivity (Wildman–Crippen MR) is 107 cm³/mol. The molecule has 4 aliphatic rings. The number of nitrogens with zero attached hydrogens (tertiary/aromatic N) is 1. The summed E-state index contributed by atoms with van der Waals surface area (Å²) in [5, 5.41) is 10.9. The molecule has 28 heavy (non-hydrogen) atoms. The molecule has 0 radical (unpaired) electrons. The van der Waals surface area contributed by atoms with Gasteiger partial charge in [-0.25, -0.2) is 0 Å². The first-order chi connectivity index (χ1) is 13.2. The van der Waals surface area contributed by atoms with Gasteiger partial charge < -0.3 is 14.8 Å². The van der Waals surface area contributed by atoms with E-state index in [-0.39, 0.29) is 11.8 Å². The Kier molecular flexibility index (Phi) is 5.07. The lowest BCUT2D eigenvalue weighted by atomic mass is 9.46. The number of carboxylic acid groups (broad SMARTS) is 1. The second-order valence-electron chi connectivity index (χ2n) is 11.1. The van der Waals surface area contributed by atoms with Gasteiger partial charge in [0.2, 0.25) is 5.91 Å². The highest BCUT2D eigenvalue weighted by Crippen LogP contribution is 2.67. The van der Waals surface area contributed by atoms with Gasteiger partial charge in [0.05, 0.1) is 0 Å². The largest absolute Gasteiger partial charge is 0.550 e. The molecule has 2 unspecified atom stereocenters.